The van der Waals surface area contributed by atoms with Gasteiger partial charge in [-0.1, -0.05) is 17.3 Å². The SMILES string of the molecule is Cc1cc(-c2cn(C)nc2C2CCCCN2C(=O)Cc2ccc(F)cc2)on1. The van der Waals surface area contributed by atoms with Crippen molar-refractivity contribution in [3.63, 3.8) is 0 Å². The maximum Gasteiger partial charge on any atom is 0.227 e. The second kappa shape index (κ2) is 7.58. The summed E-state index contributed by atoms with van der Waals surface area (Å²) in [5.74, 6) is 0.395. The van der Waals surface area contributed by atoms with Crippen molar-refractivity contribution in [2.24, 2.45) is 7.05 Å². The molecule has 0 aliphatic carbocycles. The number of benzene rings is 1. The van der Waals surface area contributed by atoms with Gasteiger partial charge in [-0.3, -0.25) is 9.48 Å². The van der Waals surface area contributed by atoms with Crippen LogP contribution >= 0.6 is 0 Å². The lowest BCUT2D eigenvalue weighted by Crippen LogP contribution is -2.39. The van der Waals surface area contributed by atoms with E-state index >= 15 is 0 Å². The third kappa shape index (κ3) is 3.69. The number of nitrogens with zero attached hydrogens (tertiary/aromatic N) is 4. The molecule has 1 amide bonds. The molecular weight excluding hydrogens is 359 g/mol. The zero-order chi connectivity index (χ0) is 19.7. The van der Waals surface area contributed by atoms with Crippen molar-refractivity contribution in [1.82, 2.24) is 19.8 Å². The minimum atomic E-state index is -0.299. The van der Waals surface area contributed by atoms with Gasteiger partial charge in [0.05, 0.1) is 29.4 Å². The maximum absolute atomic E-state index is 13.2. The summed E-state index contributed by atoms with van der Waals surface area (Å²) >= 11 is 0. The Labute approximate surface area is 162 Å². The minimum Gasteiger partial charge on any atom is -0.356 e. The van der Waals surface area contributed by atoms with E-state index in [9.17, 15) is 9.18 Å². The Hall–Kier alpha value is -2.96. The predicted molar refractivity (Wildman–Crippen MR) is 102 cm³/mol. The van der Waals surface area contributed by atoms with Crippen LogP contribution in [0, 0.1) is 12.7 Å². The van der Waals surface area contributed by atoms with Crippen LogP contribution in [-0.2, 0) is 18.3 Å². The van der Waals surface area contributed by atoms with E-state index in [-0.39, 0.29) is 24.2 Å². The van der Waals surface area contributed by atoms with Crippen molar-refractivity contribution in [3.05, 3.63) is 59.3 Å². The molecule has 6 nitrogen and oxygen atoms in total. The van der Waals surface area contributed by atoms with Crippen LogP contribution in [0.1, 0.15) is 42.3 Å². The molecule has 3 aromatic rings. The molecule has 1 aliphatic rings. The number of amides is 1. The van der Waals surface area contributed by atoms with Gasteiger partial charge < -0.3 is 9.42 Å². The molecule has 4 rings (SSSR count). The quantitative estimate of drug-likeness (QED) is 0.688. The lowest BCUT2D eigenvalue weighted by atomic mass is 9.95. The summed E-state index contributed by atoms with van der Waals surface area (Å²) in [5.41, 5.74) is 3.32. The highest BCUT2D eigenvalue weighted by atomic mass is 19.1. The molecule has 146 valence electrons. The molecule has 7 heteroatoms. The molecular formula is C21H23FN4O2. The molecule has 0 bridgehead atoms. The Morgan fingerprint density at radius 1 is 1.29 bits per heavy atom. The van der Waals surface area contributed by atoms with Crippen LogP contribution in [0.5, 0.6) is 0 Å². The first-order valence-electron chi connectivity index (χ1n) is 9.52. The molecule has 2 aromatic heterocycles. The smallest absolute Gasteiger partial charge is 0.227 e. The number of rotatable bonds is 4. The van der Waals surface area contributed by atoms with E-state index in [0.717, 1.165) is 41.8 Å². The van der Waals surface area contributed by atoms with Crippen LogP contribution in [-0.4, -0.2) is 32.3 Å². The van der Waals surface area contributed by atoms with E-state index in [2.05, 4.69) is 10.3 Å². The van der Waals surface area contributed by atoms with E-state index < -0.39 is 0 Å². The second-order valence-corrected chi connectivity index (χ2v) is 7.34. The fourth-order valence-corrected chi connectivity index (χ4v) is 3.82. The van der Waals surface area contributed by atoms with Gasteiger partial charge in [0.25, 0.3) is 0 Å². The van der Waals surface area contributed by atoms with Crippen molar-refractivity contribution in [3.8, 4) is 11.3 Å². The molecule has 28 heavy (non-hydrogen) atoms. The molecule has 1 unspecified atom stereocenters. The molecule has 1 aliphatic heterocycles. The highest BCUT2D eigenvalue weighted by Gasteiger charge is 2.32. The maximum atomic E-state index is 13.2. The lowest BCUT2D eigenvalue weighted by molar-refractivity contribution is -0.134. The van der Waals surface area contributed by atoms with Gasteiger partial charge in [0.2, 0.25) is 5.91 Å². The van der Waals surface area contributed by atoms with Crippen molar-refractivity contribution in [1.29, 1.82) is 0 Å². The molecule has 0 spiro atoms. The van der Waals surface area contributed by atoms with Gasteiger partial charge in [-0.2, -0.15) is 5.10 Å². The van der Waals surface area contributed by atoms with Gasteiger partial charge in [0.1, 0.15) is 5.82 Å². The van der Waals surface area contributed by atoms with E-state index in [0.29, 0.717) is 12.3 Å². The topological polar surface area (TPSA) is 64.2 Å². The summed E-state index contributed by atoms with van der Waals surface area (Å²) in [7, 11) is 1.86. The van der Waals surface area contributed by atoms with Gasteiger partial charge in [-0.15, -0.1) is 0 Å². The Morgan fingerprint density at radius 3 is 2.79 bits per heavy atom. The number of halogens is 1. The number of hydrogen-bond donors (Lipinski definition) is 0. The number of piperidine rings is 1. The molecule has 3 heterocycles. The fourth-order valence-electron chi connectivity index (χ4n) is 3.82. The Morgan fingerprint density at radius 2 is 2.07 bits per heavy atom. The number of carbonyl (C=O) groups excluding carboxylic acids is 1. The first-order valence-corrected chi connectivity index (χ1v) is 9.52. The summed E-state index contributed by atoms with van der Waals surface area (Å²) in [6.45, 7) is 2.57. The number of likely N-dealkylation sites (tertiary alicyclic amines) is 1. The van der Waals surface area contributed by atoms with Gasteiger partial charge in [-0.05, 0) is 43.9 Å². The summed E-state index contributed by atoms with van der Waals surface area (Å²) < 4.78 is 20.4. The Kier molecular flexibility index (Phi) is 4.98. The van der Waals surface area contributed by atoms with Gasteiger partial charge in [-0.25, -0.2) is 4.39 Å². The highest BCUT2D eigenvalue weighted by Crippen LogP contribution is 2.36. The number of aryl methyl sites for hydroxylation is 2. The van der Waals surface area contributed by atoms with E-state index in [1.807, 2.05) is 31.1 Å². The van der Waals surface area contributed by atoms with E-state index in [4.69, 9.17) is 4.52 Å². The van der Waals surface area contributed by atoms with Gasteiger partial charge in [0, 0.05) is 25.9 Å². The van der Waals surface area contributed by atoms with Crippen molar-refractivity contribution in [2.75, 3.05) is 6.54 Å². The molecule has 1 atom stereocenters. The van der Waals surface area contributed by atoms with Crippen LogP contribution < -0.4 is 0 Å². The van der Waals surface area contributed by atoms with Gasteiger partial charge in [0.15, 0.2) is 5.76 Å². The Balaban J connectivity index is 1.62. The highest BCUT2D eigenvalue weighted by molar-refractivity contribution is 5.79. The first kappa shape index (κ1) is 18.4. The number of aromatic nitrogens is 3. The average Bonchev–Trinajstić information content (AvgIpc) is 3.29. The standard InChI is InChI=1S/C21H23FN4O2/c1-14-11-19(28-24-14)17-13-25(2)23-21(17)18-5-3-4-10-26(18)20(27)12-15-6-8-16(22)9-7-15/h6-9,11,13,18H,3-5,10,12H2,1-2H3. The lowest BCUT2D eigenvalue weighted by Gasteiger charge is -2.35. The molecule has 1 aromatic carbocycles. The largest absolute Gasteiger partial charge is 0.356 e. The van der Waals surface area contributed by atoms with Crippen LogP contribution in [0.15, 0.2) is 41.1 Å². The fraction of sp³-hybridized carbons (Fsp3) is 0.381. The summed E-state index contributed by atoms with van der Waals surface area (Å²) in [6, 6.07) is 7.88. The molecule has 0 N–H and O–H groups in total. The van der Waals surface area contributed by atoms with Crippen LogP contribution in [0.4, 0.5) is 4.39 Å². The van der Waals surface area contributed by atoms with Crippen LogP contribution in [0.3, 0.4) is 0 Å². The molecule has 0 saturated carbocycles. The molecule has 1 fully saturated rings. The summed E-state index contributed by atoms with van der Waals surface area (Å²) in [5, 5.41) is 8.64. The minimum absolute atomic E-state index is 0.0293. The number of hydrogen-bond acceptors (Lipinski definition) is 4. The van der Waals surface area contributed by atoms with Crippen molar-refractivity contribution >= 4 is 5.91 Å². The normalized spacial score (nSPS) is 17.1. The van der Waals surface area contributed by atoms with E-state index in [1.54, 1.807) is 16.8 Å². The summed E-state index contributed by atoms with van der Waals surface area (Å²) in [6.07, 6.45) is 5.02. The van der Waals surface area contributed by atoms with E-state index in [1.165, 1.54) is 12.1 Å². The zero-order valence-corrected chi connectivity index (χ0v) is 16.1. The van der Waals surface area contributed by atoms with Crippen molar-refractivity contribution < 1.29 is 13.7 Å². The van der Waals surface area contributed by atoms with Crippen molar-refractivity contribution in [2.45, 2.75) is 38.6 Å². The van der Waals surface area contributed by atoms with Gasteiger partial charge >= 0.3 is 0 Å². The number of carbonyl (C=O) groups is 1. The average molecular weight is 382 g/mol. The first-order chi connectivity index (χ1) is 13.5. The summed E-state index contributed by atoms with van der Waals surface area (Å²) in [4.78, 5) is 15.0. The van der Waals surface area contributed by atoms with Crippen LogP contribution in [0.2, 0.25) is 0 Å². The zero-order valence-electron chi connectivity index (χ0n) is 16.1. The monoisotopic (exact) mass is 382 g/mol. The third-order valence-electron chi connectivity index (χ3n) is 5.16. The predicted octanol–water partition coefficient (Wildman–Crippen LogP) is 3.82. The second-order valence-electron chi connectivity index (χ2n) is 7.34. The Bertz CT molecular complexity index is 977. The third-order valence-corrected chi connectivity index (χ3v) is 5.16. The molecule has 0 radical (unpaired) electrons. The van der Waals surface area contributed by atoms with Crippen LogP contribution in [0.25, 0.3) is 11.3 Å². The molecule has 1 saturated heterocycles.